The number of carbonyl (C=O) groups is 2. The van der Waals surface area contributed by atoms with Crippen LogP contribution in [0.5, 0.6) is 0 Å². The van der Waals surface area contributed by atoms with Gasteiger partial charge >= 0.3 is 5.97 Å². The van der Waals surface area contributed by atoms with Gasteiger partial charge in [0.25, 0.3) is 0 Å². The van der Waals surface area contributed by atoms with E-state index >= 15 is 0 Å². The van der Waals surface area contributed by atoms with Gasteiger partial charge in [-0.25, -0.2) is 4.79 Å². The Morgan fingerprint density at radius 1 is 1.53 bits per heavy atom. The molecule has 1 aliphatic heterocycles. The zero-order valence-corrected chi connectivity index (χ0v) is 10.7. The Labute approximate surface area is 97.3 Å². The van der Waals surface area contributed by atoms with E-state index in [9.17, 15) is 9.59 Å². The SMILES string of the molecule is COC(=O)C1CSSCC(C)(C)C(=O)N1. The minimum absolute atomic E-state index is 0.0919. The van der Waals surface area contributed by atoms with Crippen molar-refractivity contribution in [3.63, 3.8) is 0 Å². The van der Waals surface area contributed by atoms with Crippen molar-refractivity contribution in [1.82, 2.24) is 5.32 Å². The zero-order chi connectivity index (χ0) is 11.5. The smallest absolute Gasteiger partial charge is 0.329 e. The van der Waals surface area contributed by atoms with Crippen LogP contribution in [0.15, 0.2) is 0 Å². The Kier molecular flexibility index (Phi) is 4.33. The van der Waals surface area contributed by atoms with Crippen LogP contribution in [0.3, 0.4) is 0 Å². The maximum absolute atomic E-state index is 11.8. The van der Waals surface area contributed by atoms with Crippen molar-refractivity contribution in [2.45, 2.75) is 19.9 Å². The summed E-state index contributed by atoms with van der Waals surface area (Å²) in [5, 5.41) is 2.71. The third-order valence-electron chi connectivity index (χ3n) is 2.14. The van der Waals surface area contributed by atoms with Crippen molar-refractivity contribution in [2.24, 2.45) is 5.41 Å². The molecule has 0 aromatic carbocycles. The van der Waals surface area contributed by atoms with Gasteiger partial charge in [-0.1, -0.05) is 35.4 Å². The van der Waals surface area contributed by atoms with Crippen LogP contribution in [0.25, 0.3) is 0 Å². The largest absolute Gasteiger partial charge is 0.467 e. The highest BCUT2D eigenvalue weighted by molar-refractivity contribution is 8.76. The summed E-state index contributed by atoms with van der Waals surface area (Å²) >= 11 is 0. The van der Waals surface area contributed by atoms with E-state index in [0.717, 1.165) is 5.75 Å². The highest BCUT2D eigenvalue weighted by Crippen LogP contribution is 2.32. The zero-order valence-electron chi connectivity index (χ0n) is 9.03. The molecule has 1 N–H and O–H groups in total. The van der Waals surface area contributed by atoms with E-state index in [1.54, 1.807) is 21.6 Å². The van der Waals surface area contributed by atoms with Crippen LogP contribution in [0, 0.1) is 5.41 Å². The summed E-state index contributed by atoms with van der Waals surface area (Å²) < 4.78 is 4.63. The molecule has 0 bridgehead atoms. The van der Waals surface area contributed by atoms with Crippen LogP contribution in [0.1, 0.15) is 13.8 Å². The van der Waals surface area contributed by atoms with Gasteiger partial charge in [0.05, 0.1) is 12.5 Å². The van der Waals surface area contributed by atoms with Crippen molar-refractivity contribution in [1.29, 1.82) is 0 Å². The Bertz CT molecular complexity index is 268. The second-order valence-corrected chi connectivity index (χ2v) is 6.49. The normalized spacial score (nSPS) is 26.1. The van der Waals surface area contributed by atoms with Crippen LogP contribution in [0.2, 0.25) is 0 Å². The van der Waals surface area contributed by atoms with Crippen molar-refractivity contribution >= 4 is 33.5 Å². The summed E-state index contributed by atoms with van der Waals surface area (Å²) in [6.45, 7) is 3.74. The predicted molar refractivity (Wildman–Crippen MR) is 62.6 cm³/mol. The Hall–Kier alpha value is -0.360. The van der Waals surface area contributed by atoms with Gasteiger partial charge in [-0.3, -0.25) is 4.79 Å². The first kappa shape index (κ1) is 12.7. The number of nitrogens with one attached hydrogen (secondary N) is 1. The lowest BCUT2D eigenvalue weighted by Crippen LogP contribution is -2.49. The van der Waals surface area contributed by atoms with Gasteiger partial charge in [0.15, 0.2) is 0 Å². The van der Waals surface area contributed by atoms with Gasteiger partial charge in [0.1, 0.15) is 6.04 Å². The molecular formula is C9H15NO3S2. The van der Waals surface area contributed by atoms with Gasteiger partial charge in [-0.15, -0.1) is 0 Å². The van der Waals surface area contributed by atoms with Crippen molar-refractivity contribution in [3.05, 3.63) is 0 Å². The predicted octanol–water partition coefficient (Wildman–Crippen LogP) is 1.07. The maximum Gasteiger partial charge on any atom is 0.329 e. The molecule has 0 saturated carbocycles. The van der Waals surface area contributed by atoms with Crippen molar-refractivity contribution in [3.8, 4) is 0 Å². The fourth-order valence-electron chi connectivity index (χ4n) is 1.04. The summed E-state index contributed by atoms with van der Waals surface area (Å²) in [5.41, 5.74) is -0.440. The second kappa shape index (κ2) is 5.12. The van der Waals surface area contributed by atoms with Gasteiger partial charge in [0, 0.05) is 11.5 Å². The summed E-state index contributed by atoms with van der Waals surface area (Å²) in [6.07, 6.45) is 0. The average molecular weight is 249 g/mol. The molecule has 0 radical (unpaired) electrons. The Morgan fingerprint density at radius 3 is 2.80 bits per heavy atom. The topological polar surface area (TPSA) is 55.4 Å². The molecule has 1 unspecified atom stereocenters. The summed E-state index contributed by atoms with van der Waals surface area (Å²) in [4.78, 5) is 23.1. The lowest BCUT2D eigenvalue weighted by Gasteiger charge is -2.28. The molecule has 0 spiro atoms. The van der Waals surface area contributed by atoms with E-state index in [4.69, 9.17) is 0 Å². The molecule has 6 heteroatoms. The number of methoxy groups -OCH3 is 1. The van der Waals surface area contributed by atoms with Crippen LogP contribution in [-0.2, 0) is 14.3 Å². The molecule has 4 nitrogen and oxygen atoms in total. The molecule has 15 heavy (non-hydrogen) atoms. The number of esters is 1. The molecule has 1 saturated heterocycles. The third kappa shape index (κ3) is 3.31. The first-order chi connectivity index (χ1) is 6.97. The molecule has 0 aliphatic carbocycles. The second-order valence-electron chi connectivity index (χ2n) is 3.98. The average Bonchev–Trinajstić information content (AvgIpc) is 2.19. The summed E-state index contributed by atoms with van der Waals surface area (Å²) in [6, 6.07) is -0.528. The maximum atomic E-state index is 11.8. The molecule has 0 aromatic heterocycles. The minimum atomic E-state index is -0.528. The van der Waals surface area contributed by atoms with E-state index in [2.05, 4.69) is 10.1 Å². The van der Waals surface area contributed by atoms with Gasteiger partial charge in [-0.2, -0.15) is 0 Å². The number of ether oxygens (including phenoxy) is 1. The molecule has 1 rings (SSSR count). The molecule has 0 aromatic rings. The molecule has 1 atom stereocenters. The standard InChI is InChI=1S/C9H15NO3S2/c1-9(2)5-15-14-4-6(7(11)13-3)10-8(9)12/h6H,4-5H2,1-3H3,(H,10,12). The number of hydrogen-bond donors (Lipinski definition) is 1. The van der Waals surface area contributed by atoms with Crippen LogP contribution >= 0.6 is 21.6 Å². The van der Waals surface area contributed by atoms with E-state index < -0.39 is 11.5 Å². The lowest BCUT2D eigenvalue weighted by atomic mass is 9.95. The van der Waals surface area contributed by atoms with Crippen molar-refractivity contribution < 1.29 is 14.3 Å². The highest BCUT2D eigenvalue weighted by Gasteiger charge is 2.34. The van der Waals surface area contributed by atoms with E-state index in [0.29, 0.717) is 5.75 Å². The van der Waals surface area contributed by atoms with Gasteiger partial charge in [-0.05, 0) is 0 Å². The Balaban J connectivity index is 2.70. The van der Waals surface area contributed by atoms with Gasteiger partial charge < -0.3 is 10.1 Å². The van der Waals surface area contributed by atoms with Crippen LogP contribution < -0.4 is 5.32 Å². The number of rotatable bonds is 1. The molecule has 1 aliphatic rings. The number of carbonyl (C=O) groups excluding carboxylic acids is 2. The monoisotopic (exact) mass is 249 g/mol. The molecule has 1 amide bonds. The quantitative estimate of drug-likeness (QED) is 0.556. The fraction of sp³-hybridized carbons (Fsp3) is 0.778. The summed E-state index contributed by atoms with van der Waals surface area (Å²) in [5.74, 6) is 0.830. The third-order valence-corrected chi connectivity index (χ3v) is 4.88. The first-order valence-corrected chi connectivity index (χ1v) is 7.09. The van der Waals surface area contributed by atoms with E-state index in [1.807, 2.05) is 13.8 Å². The number of hydrogen-bond acceptors (Lipinski definition) is 5. The van der Waals surface area contributed by atoms with Crippen LogP contribution in [0.4, 0.5) is 0 Å². The molecular weight excluding hydrogens is 234 g/mol. The highest BCUT2D eigenvalue weighted by atomic mass is 33.1. The lowest BCUT2D eigenvalue weighted by molar-refractivity contribution is -0.145. The van der Waals surface area contributed by atoms with Gasteiger partial charge in [0.2, 0.25) is 5.91 Å². The first-order valence-electron chi connectivity index (χ1n) is 4.60. The van der Waals surface area contributed by atoms with E-state index in [1.165, 1.54) is 7.11 Å². The van der Waals surface area contributed by atoms with Crippen molar-refractivity contribution in [2.75, 3.05) is 18.6 Å². The number of amides is 1. The fourth-order valence-corrected chi connectivity index (χ4v) is 3.83. The molecule has 1 fully saturated rings. The summed E-state index contributed by atoms with van der Waals surface area (Å²) in [7, 11) is 4.54. The molecule has 86 valence electrons. The Morgan fingerprint density at radius 2 is 2.20 bits per heavy atom. The van der Waals surface area contributed by atoms with Crippen LogP contribution in [-0.4, -0.2) is 36.5 Å². The minimum Gasteiger partial charge on any atom is -0.467 e. The molecule has 1 heterocycles. The van der Waals surface area contributed by atoms with E-state index in [-0.39, 0.29) is 11.9 Å².